The topological polar surface area (TPSA) is 111 Å². The number of benzene rings is 2. The normalized spacial score (nSPS) is 14.8. The number of carbonyl (C=O) groups excluding carboxylic acids is 1. The summed E-state index contributed by atoms with van der Waals surface area (Å²) >= 11 is 12.7. The zero-order valence-corrected chi connectivity index (χ0v) is 25.0. The second-order valence-electron chi connectivity index (χ2n) is 10.7. The molecule has 43 heavy (non-hydrogen) atoms. The first-order chi connectivity index (χ1) is 20.9. The second kappa shape index (κ2) is 12.5. The fourth-order valence-electron chi connectivity index (χ4n) is 5.83. The zero-order chi connectivity index (χ0) is 29.9. The molecule has 1 saturated carbocycles. The fourth-order valence-corrected chi connectivity index (χ4v) is 6.32. The third-order valence-electron chi connectivity index (χ3n) is 8.10. The number of nitrogens with zero attached hydrogens (tertiary/aromatic N) is 6. The zero-order valence-electron chi connectivity index (χ0n) is 23.5. The van der Waals surface area contributed by atoms with E-state index in [0.717, 1.165) is 29.4 Å². The Balaban J connectivity index is 1.24. The van der Waals surface area contributed by atoms with Crippen molar-refractivity contribution in [3.8, 4) is 17.3 Å². The molecule has 5 aromatic rings. The molecule has 0 saturated heterocycles. The number of hydrogen-bond donors (Lipinski definition) is 1. The van der Waals surface area contributed by atoms with Gasteiger partial charge < -0.3 is 10.2 Å². The molecule has 218 valence electrons. The molecule has 1 aliphatic carbocycles. The average Bonchev–Trinajstić information content (AvgIpc) is 3.80. The predicted octanol–water partition coefficient (Wildman–Crippen LogP) is 7.75. The van der Waals surface area contributed by atoms with Crippen molar-refractivity contribution in [2.24, 2.45) is 5.92 Å². The Labute approximate surface area is 259 Å². The Kier molecular flexibility index (Phi) is 8.32. The molecular weight excluding hydrogens is 585 g/mol. The summed E-state index contributed by atoms with van der Waals surface area (Å²) in [5.41, 5.74) is 3.91. The van der Waals surface area contributed by atoms with Crippen LogP contribution in [-0.4, -0.2) is 30.4 Å². The van der Waals surface area contributed by atoms with Crippen LogP contribution in [0.15, 0.2) is 73.4 Å². The summed E-state index contributed by atoms with van der Waals surface area (Å²) in [6.45, 7) is 1.78. The van der Waals surface area contributed by atoms with Crippen molar-refractivity contribution in [2.45, 2.75) is 51.0 Å². The van der Waals surface area contributed by atoms with Crippen LogP contribution in [0.25, 0.3) is 22.3 Å². The first-order valence-electron chi connectivity index (χ1n) is 14.2. The molecule has 9 nitrogen and oxygen atoms in total. The van der Waals surface area contributed by atoms with Crippen LogP contribution in [0.2, 0.25) is 10.0 Å². The Morgan fingerprint density at radius 2 is 1.88 bits per heavy atom. The fraction of sp³-hybridized carbons (Fsp3) is 0.281. The van der Waals surface area contributed by atoms with Crippen LogP contribution in [0.3, 0.4) is 0 Å². The van der Waals surface area contributed by atoms with Gasteiger partial charge in [0, 0.05) is 29.0 Å². The van der Waals surface area contributed by atoms with Gasteiger partial charge in [0.15, 0.2) is 5.65 Å². The van der Waals surface area contributed by atoms with E-state index in [4.69, 9.17) is 28.0 Å². The van der Waals surface area contributed by atoms with Crippen molar-refractivity contribution in [3.05, 3.63) is 89.1 Å². The van der Waals surface area contributed by atoms with Crippen molar-refractivity contribution in [3.63, 3.8) is 0 Å². The van der Waals surface area contributed by atoms with Crippen LogP contribution in [0, 0.1) is 17.2 Å². The van der Waals surface area contributed by atoms with Crippen LogP contribution in [0.4, 0.5) is 11.4 Å². The van der Waals surface area contributed by atoms with E-state index >= 15 is 0 Å². The van der Waals surface area contributed by atoms with Gasteiger partial charge in [0.2, 0.25) is 0 Å². The number of hydrogen-bond acceptors (Lipinski definition) is 7. The molecule has 11 heteroatoms. The van der Waals surface area contributed by atoms with Gasteiger partial charge in [0.25, 0.3) is 0 Å². The van der Waals surface area contributed by atoms with Crippen molar-refractivity contribution in [1.29, 1.82) is 5.26 Å². The molecule has 3 heterocycles. The molecule has 0 radical (unpaired) electrons. The van der Waals surface area contributed by atoms with Crippen molar-refractivity contribution < 1.29 is 9.63 Å². The van der Waals surface area contributed by atoms with Crippen molar-refractivity contribution in [1.82, 2.24) is 24.5 Å². The molecule has 2 aromatic carbocycles. The first-order valence-corrected chi connectivity index (χ1v) is 15.0. The van der Waals surface area contributed by atoms with Crippen molar-refractivity contribution in [2.75, 3.05) is 5.32 Å². The van der Waals surface area contributed by atoms with Crippen LogP contribution in [0.1, 0.15) is 56.6 Å². The van der Waals surface area contributed by atoms with E-state index in [1.54, 1.807) is 37.5 Å². The number of anilines is 2. The summed E-state index contributed by atoms with van der Waals surface area (Å²) in [6.07, 6.45) is 11.8. The van der Waals surface area contributed by atoms with Crippen molar-refractivity contribution >= 4 is 51.6 Å². The van der Waals surface area contributed by atoms with Crippen LogP contribution >= 0.6 is 23.2 Å². The number of para-hydroxylation sites is 2. The van der Waals surface area contributed by atoms with Gasteiger partial charge in [-0.25, -0.2) is 14.8 Å². The highest BCUT2D eigenvalue weighted by molar-refractivity contribution is 6.39. The molecule has 0 aliphatic heterocycles. The molecule has 2 atom stereocenters. The highest BCUT2D eigenvalue weighted by Gasteiger charge is 2.28. The quantitative estimate of drug-likeness (QED) is 0.181. The Bertz CT molecular complexity index is 1800. The van der Waals surface area contributed by atoms with Crippen LogP contribution in [-0.2, 0) is 4.79 Å². The minimum Gasteiger partial charge on any atom is -0.353 e. The van der Waals surface area contributed by atoms with Gasteiger partial charge in [-0.05, 0) is 55.5 Å². The lowest BCUT2D eigenvalue weighted by molar-refractivity contribution is -0.145. The SMILES string of the molecule is CC(C(=O)On1ccc2c(-c3cnn(C(CC#N)C4CCCC4)c3)ncnc21)c1ccccc1Nc1c(Cl)cccc1Cl. The van der Waals surface area contributed by atoms with Gasteiger partial charge in [-0.3, -0.25) is 4.68 Å². The number of carbonyl (C=O) groups is 1. The highest BCUT2D eigenvalue weighted by Crippen LogP contribution is 2.38. The van der Waals surface area contributed by atoms with Gasteiger partial charge in [-0.15, -0.1) is 0 Å². The summed E-state index contributed by atoms with van der Waals surface area (Å²) in [4.78, 5) is 28.2. The molecule has 0 bridgehead atoms. The van der Waals surface area contributed by atoms with Gasteiger partial charge in [0.05, 0.1) is 52.1 Å². The predicted molar refractivity (Wildman–Crippen MR) is 166 cm³/mol. The van der Waals surface area contributed by atoms with E-state index in [9.17, 15) is 10.1 Å². The molecule has 3 aromatic heterocycles. The van der Waals surface area contributed by atoms with Crippen LogP contribution < -0.4 is 10.2 Å². The smallest absolute Gasteiger partial charge is 0.340 e. The number of nitrogens with one attached hydrogen (secondary N) is 1. The minimum atomic E-state index is -0.630. The van der Waals surface area contributed by atoms with Gasteiger partial charge in [-0.1, -0.05) is 60.3 Å². The molecule has 1 fully saturated rings. The molecule has 6 rings (SSSR count). The summed E-state index contributed by atoms with van der Waals surface area (Å²) in [5, 5.41) is 19.0. The van der Waals surface area contributed by atoms with E-state index in [2.05, 4.69) is 26.5 Å². The maximum Gasteiger partial charge on any atom is 0.340 e. The van der Waals surface area contributed by atoms with Gasteiger partial charge in [-0.2, -0.15) is 15.1 Å². The lowest BCUT2D eigenvalue weighted by Gasteiger charge is -2.21. The van der Waals surface area contributed by atoms with E-state index in [-0.39, 0.29) is 6.04 Å². The molecule has 1 N–H and O–H groups in total. The molecule has 2 unspecified atom stereocenters. The standard InChI is InChI=1S/C32H29Cl2N7O2/c1-20(23-9-4-5-12-27(23)39-30-25(33)10-6-11-26(30)34)32(42)43-41-16-14-24-29(36-19-37-31(24)41)22-17-38-40(18-22)28(13-15-35)21-7-2-3-8-21/h4-6,9-12,14,16-21,28,39H,2-3,7-8,13H2,1H3. The summed E-state index contributed by atoms with van der Waals surface area (Å²) in [7, 11) is 0. The largest absolute Gasteiger partial charge is 0.353 e. The molecule has 0 spiro atoms. The lowest BCUT2D eigenvalue weighted by atomic mass is 9.96. The van der Waals surface area contributed by atoms with E-state index in [1.807, 2.05) is 41.2 Å². The number of nitriles is 1. The molecular formula is C32H29Cl2N7O2. The third-order valence-corrected chi connectivity index (χ3v) is 8.73. The van der Waals surface area contributed by atoms with Gasteiger partial charge >= 0.3 is 5.97 Å². The number of aromatic nitrogens is 5. The van der Waals surface area contributed by atoms with Crippen LogP contribution in [0.5, 0.6) is 0 Å². The maximum atomic E-state index is 13.4. The van der Waals surface area contributed by atoms with Gasteiger partial charge in [0.1, 0.15) is 6.33 Å². The lowest BCUT2D eigenvalue weighted by Crippen LogP contribution is -2.24. The Morgan fingerprint density at radius 1 is 1.12 bits per heavy atom. The average molecular weight is 615 g/mol. The number of halogens is 2. The second-order valence-corrected chi connectivity index (χ2v) is 11.5. The summed E-state index contributed by atoms with van der Waals surface area (Å²) < 4.78 is 3.27. The van der Waals surface area contributed by atoms with E-state index < -0.39 is 11.9 Å². The number of rotatable bonds is 9. The maximum absolute atomic E-state index is 13.4. The molecule has 1 aliphatic rings. The van der Waals surface area contributed by atoms with E-state index in [1.165, 1.54) is 23.9 Å². The minimum absolute atomic E-state index is 0.0388. The monoisotopic (exact) mass is 613 g/mol. The third kappa shape index (κ3) is 5.81. The highest BCUT2D eigenvalue weighted by atomic mass is 35.5. The first kappa shape index (κ1) is 28.7. The summed E-state index contributed by atoms with van der Waals surface area (Å²) in [6, 6.07) is 16.9. The molecule has 0 amide bonds. The summed E-state index contributed by atoms with van der Waals surface area (Å²) in [5.74, 6) is -0.655. The number of fused-ring (bicyclic) bond motifs is 1. The Hall–Kier alpha value is -4.39. The van der Waals surface area contributed by atoms with E-state index in [0.29, 0.717) is 45.1 Å². The Morgan fingerprint density at radius 3 is 2.65 bits per heavy atom.